The van der Waals surface area contributed by atoms with Gasteiger partial charge in [-0.1, -0.05) is 0 Å². The van der Waals surface area contributed by atoms with Crippen LogP contribution in [0, 0.1) is 6.92 Å². The highest BCUT2D eigenvalue weighted by molar-refractivity contribution is 5.85. The molecule has 1 atom stereocenters. The van der Waals surface area contributed by atoms with Crippen LogP contribution in [0.4, 0.5) is 5.82 Å². The molecule has 3 N–H and O–H groups in total. The smallest absolute Gasteiger partial charge is 0.349 e. The maximum absolute atomic E-state index is 11.7. The first kappa shape index (κ1) is 11.7. The standard InChI is InChI=1S/C11H14N6O2/c1-6-13-8(5-9-15-16-11(19)17(6)9)14-7-3-2-4-12-10(7)18/h5,7,14H,2-4H2,1H3,(H,12,18)(H,16,19). The quantitative estimate of drug-likeness (QED) is 0.671. The number of carbonyl (C=O) groups is 1. The number of aryl methyl sites for hydroxylation is 1. The lowest BCUT2D eigenvalue weighted by Crippen LogP contribution is -2.44. The van der Waals surface area contributed by atoms with Crippen LogP contribution in [0.5, 0.6) is 0 Å². The second-order valence-corrected chi connectivity index (χ2v) is 4.54. The zero-order valence-electron chi connectivity index (χ0n) is 10.4. The van der Waals surface area contributed by atoms with Crippen LogP contribution in [-0.4, -0.2) is 38.1 Å². The summed E-state index contributed by atoms with van der Waals surface area (Å²) in [5.74, 6) is 1.05. The van der Waals surface area contributed by atoms with Gasteiger partial charge in [0.1, 0.15) is 17.7 Å². The Morgan fingerprint density at radius 1 is 1.47 bits per heavy atom. The number of amides is 1. The third-order valence-electron chi connectivity index (χ3n) is 3.18. The fourth-order valence-corrected chi connectivity index (χ4v) is 2.26. The van der Waals surface area contributed by atoms with Crippen LogP contribution in [0.3, 0.4) is 0 Å². The molecule has 0 saturated carbocycles. The number of hydrogen-bond acceptors (Lipinski definition) is 5. The van der Waals surface area contributed by atoms with Gasteiger partial charge in [-0.15, -0.1) is 0 Å². The van der Waals surface area contributed by atoms with E-state index in [0.717, 1.165) is 19.4 Å². The second-order valence-electron chi connectivity index (χ2n) is 4.54. The zero-order valence-corrected chi connectivity index (χ0v) is 10.4. The average molecular weight is 262 g/mol. The molecule has 100 valence electrons. The Hall–Kier alpha value is -2.38. The summed E-state index contributed by atoms with van der Waals surface area (Å²) in [6, 6.07) is 1.36. The van der Waals surface area contributed by atoms with Crippen LogP contribution in [0.15, 0.2) is 10.9 Å². The van der Waals surface area contributed by atoms with Gasteiger partial charge in [-0.3, -0.25) is 4.79 Å². The zero-order chi connectivity index (χ0) is 13.4. The number of nitrogens with zero attached hydrogens (tertiary/aromatic N) is 3. The number of rotatable bonds is 2. The lowest BCUT2D eigenvalue weighted by Gasteiger charge is -2.23. The minimum atomic E-state index is -0.318. The lowest BCUT2D eigenvalue weighted by atomic mass is 10.1. The molecule has 1 saturated heterocycles. The summed E-state index contributed by atoms with van der Waals surface area (Å²) in [6.07, 6.45) is 1.71. The van der Waals surface area contributed by atoms with E-state index < -0.39 is 0 Å². The number of piperidine rings is 1. The summed E-state index contributed by atoms with van der Waals surface area (Å²) >= 11 is 0. The number of carbonyl (C=O) groups excluding carboxylic acids is 1. The minimum absolute atomic E-state index is 0.0232. The first-order valence-electron chi connectivity index (χ1n) is 6.14. The fraction of sp³-hybridized carbons (Fsp3) is 0.455. The molecule has 2 aromatic rings. The molecular weight excluding hydrogens is 248 g/mol. The van der Waals surface area contributed by atoms with Crippen molar-refractivity contribution in [3.8, 4) is 0 Å². The van der Waals surface area contributed by atoms with Crippen molar-refractivity contribution in [1.29, 1.82) is 0 Å². The van der Waals surface area contributed by atoms with Crippen molar-refractivity contribution in [2.75, 3.05) is 11.9 Å². The Bertz CT molecular complexity index is 688. The average Bonchev–Trinajstić information content (AvgIpc) is 2.74. The number of fused-ring (bicyclic) bond motifs is 1. The molecule has 0 aromatic carbocycles. The first-order chi connectivity index (χ1) is 9.15. The highest BCUT2D eigenvalue weighted by Crippen LogP contribution is 2.13. The Morgan fingerprint density at radius 3 is 3.11 bits per heavy atom. The van der Waals surface area contributed by atoms with Gasteiger partial charge in [0.25, 0.3) is 0 Å². The topological polar surface area (TPSA) is 104 Å². The molecular formula is C11H14N6O2. The normalized spacial score (nSPS) is 19.4. The Labute approximate surface area is 108 Å². The maximum Gasteiger partial charge on any atom is 0.349 e. The molecule has 1 aliphatic heterocycles. The van der Waals surface area contributed by atoms with Gasteiger partial charge in [-0.05, 0) is 19.8 Å². The molecule has 0 bridgehead atoms. The van der Waals surface area contributed by atoms with Crippen LogP contribution >= 0.6 is 0 Å². The maximum atomic E-state index is 11.7. The van der Waals surface area contributed by atoms with E-state index in [1.807, 2.05) is 0 Å². The second kappa shape index (κ2) is 4.38. The SMILES string of the molecule is Cc1nc(NC2CCCNC2=O)cc2n[nH]c(=O)n12. The summed E-state index contributed by atoms with van der Waals surface area (Å²) in [7, 11) is 0. The number of nitrogens with one attached hydrogen (secondary N) is 3. The van der Waals surface area contributed by atoms with E-state index in [-0.39, 0.29) is 17.6 Å². The van der Waals surface area contributed by atoms with Gasteiger partial charge >= 0.3 is 5.69 Å². The molecule has 1 unspecified atom stereocenters. The van der Waals surface area contributed by atoms with Crippen molar-refractivity contribution in [2.45, 2.75) is 25.8 Å². The highest BCUT2D eigenvalue weighted by Gasteiger charge is 2.22. The molecule has 0 aliphatic carbocycles. The van der Waals surface area contributed by atoms with Gasteiger partial charge in [0.15, 0.2) is 5.65 Å². The minimum Gasteiger partial charge on any atom is -0.358 e. The molecule has 1 amide bonds. The number of H-pyrrole nitrogens is 1. The highest BCUT2D eigenvalue weighted by atomic mass is 16.2. The summed E-state index contributed by atoms with van der Waals surface area (Å²) < 4.78 is 1.38. The van der Waals surface area contributed by atoms with E-state index in [2.05, 4.69) is 25.8 Å². The van der Waals surface area contributed by atoms with E-state index >= 15 is 0 Å². The molecule has 1 aliphatic rings. The van der Waals surface area contributed by atoms with E-state index in [9.17, 15) is 9.59 Å². The van der Waals surface area contributed by atoms with E-state index in [1.165, 1.54) is 4.40 Å². The van der Waals surface area contributed by atoms with Gasteiger partial charge in [-0.25, -0.2) is 19.3 Å². The van der Waals surface area contributed by atoms with E-state index in [4.69, 9.17) is 0 Å². The Balaban J connectivity index is 1.93. The number of anilines is 1. The largest absolute Gasteiger partial charge is 0.358 e. The molecule has 2 aromatic heterocycles. The van der Waals surface area contributed by atoms with Gasteiger partial charge in [-0.2, -0.15) is 5.10 Å². The van der Waals surface area contributed by atoms with Crippen molar-refractivity contribution in [1.82, 2.24) is 24.9 Å². The van der Waals surface area contributed by atoms with Crippen molar-refractivity contribution >= 4 is 17.4 Å². The summed E-state index contributed by atoms with van der Waals surface area (Å²) in [6.45, 7) is 2.44. The van der Waals surface area contributed by atoms with Crippen LogP contribution in [0.1, 0.15) is 18.7 Å². The van der Waals surface area contributed by atoms with Crippen molar-refractivity contribution in [3.63, 3.8) is 0 Å². The van der Waals surface area contributed by atoms with Crippen LogP contribution in [0.25, 0.3) is 5.65 Å². The molecule has 3 heterocycles. The van der Waals surface area contributed by atoms with Gasteiger partial charge < -0.3 is 10.6 Å². The molecule has 1 fully saturated rings. The van der Waals surface area contributed by atoms with E-state index in [1.54, 1.807) is 13.0 Å². The predicted octanol–water partition coefficient (Wildman–Crippen LogP) is -0.583. The van der Waals surface area contributed by atoms with Crippen molar-refractivity contribution < 1.29 is 4.79 Å². The number of aromatic amines is 1. The van der Waals surface area contributed by atoms with E-state index in [0.29, 0.717) is 17.3 Å². The monoisotopic (exact) mass is 262 g/mol. The molecule has 0 spiro atoms. The van der Waals surface area contributed by atoms with Crippen molar-refractivity contribution in [3.05, 3.63) is 22.4 Å². The fourth-order valence-electron chi connectivity index (χ4n) is 2.26. The lowest BCUT2D eigenvalue weighted by molar-refractivity contribution is -0.123. The summed E-state index contributed by atoms with van der Waals surface area (Å²) in [5.41, 5.74) is 0.165. The van der Waals surface area contributed by atoms with Crippen LogP contribution in [0.2, 0.25) is 0 Å². The summed E-state index contributed by atoms with van der Waals surface area (Å²) in [5, 5.41) is 12.1. The number of hydrogen-bond donors (Lipinski definition) is 3. The van der Waals surface area contributed by atoms with Crippen molar-refractivity contribution in [2.24, 2.45) is 0 Å². The molecule has 3 rings (SSSR count). The molecule has 8 heteroatoms. The van der Waals surface area contributed by atoms with Gasteiger partial charge in [0, 0.05) is 12.6 Å². The third kappa shape index (κ3) is 2.05. The number of aromatic nitrogens is 4. The first-order valence-corrected chi connectivity index (χ1v) is 6.14. The third-order valence-corrected chi connectivity index (χ3v) is 3.18. The Morgan fingerprint density at radius 2 is 2.32 bits per heavy atom. The summed E-state index contributed by atoms with van der Waals surface area (Å²) in [4.78, 5) is 27.4. The molecule has 19 heavy (non-hydrogen) atoms. The van der Waals surface area contributed by atoms with Gasteiger partial charge in [0.2, 0.25) is 5.91 Å². The Kier molecular flexibility index (Phi) is 2.69. The van der Waals surface area contributed by atoms with Gasteiger partial charge in [0.05, 0.1) is 0 Å². The van der Waals surface area contributed by atoms with Crippen LogP contribution in [-0.2, 0) is 4.79 Å². The van der Waals surface area contributed by atoms with Crippen LogP contribution < -0.4 is 16.3 Å². The predicted molar refractivity (Wildman–Crippen MR) is 68.0 cm³/mol. The molecule has 8 nitrogen and oxygen atoms in total. The molecule has 0 radical (unpaired) electrons.